The molecular formula is C11H17N3O3S. The Hall–Kier alpha value is -1.18. The van der Waals surface area contributed by atoms with E-state index in [0.29, 0.717) is 17.7 Å². The van der Waals surface area contributed by atoms with Gasteiger partial charge in [0.05, 0.1) is 12.3 Å². The zero-order valence-corrected chi connectivity index (χ0v) is 10.9. The molecule has 0 aromatic carbocycles. The number of nitrogens with one attached hydrogen (secondary N) is 1. The summed E-state index contributed by atoms with van der Waals surface area (Å²) in [4.78, 5) is 15.0. The smallest absolute Gasteiger partial charge is 0.326 e. The van der Waals surface area contributed by atoms with E-state index in [1.54, 1.807) is 5.38 Å². The zero-order chi connectivity index (χ0) is 13.1. The number of nitrogens with two attached hydrogens (primary N) is 1. The van der Waals surface area contributed by atoms with Crippen LogP contribution in [0.5, 0.6) is 0 Å². The molecule has 1 aliphatic heterocycles. The highest BCUT2D eigenvalue weighted by atomic mass is 32.1. The van der Waals surface area contributed by atoms with E-state index in [9.17, 15) is 4.79 Å². The summed E-state index contributed by atoms with van der Waals surface area (Å²) in [5.74, 6) is -0.648. The van der Waals surface area contributed by atoms with Crippen LogP contribution >= 0.6 is 11.3 Å². The number of carboxylic acids is 1. The number of rotatable bonds is 4. The van der Waals surface area contributed by atoms with Crippen molar-refractivity contribution in [1.29, 1.82) is 0 Å². The topological polar surface area (TPSA) is 97.5 Å². The molecule has 3 unspecified atom stereocenters. The summed E-state index contributed by atoms with van der Waals surface area (Å²) in [6.07, 6.45) is 0.932. The molecule has 2 heterocycles. The summed E-state index contributed by atoms with van der Waals surface area (Å²) in [6, 6.07) is -0.734. The maximum atomic E-state index is 10.8. The fourth-order valence-corrected chi connectivity index (χ4v) is 2.68. The maximum Gasteiger partial charge on any atom is 0.326 e. The van der Waals surface area contributed by atoms with Crippen LogP contribution < -0.4 is 11.1 Å². The van der Waals surface area contributed by atoms with E-state index in [0.717, 1.165) is 24.8 Å². The van der Waals surface area contributed by atoms with Crippen molar-refractivity contribution >= 4 is 22.4 Å². The summed E-state index contributed by atoms with van der Waals surface area (Å²) < 4.78 is 5.37. The summed E-state index contributed by atoms with van der Waals surface area (Å²) >= 11 is 1.38. The summed E-state index contributed by atoms with van der Waals surface area (Å²) in [6.45, 7) is 3.60. The summed E-state index contributed by atoms with van der Waals surface area (Å²) in [5, 5.41) is 14.5. The Morgan fingerprint density at radius 3 is 3.22 bits per heavy atom. The number of hydrogen-bond acceptors (Lipinski definition) is 6. The van der Waals surface area contributed by atoms with E-state index in [2.05, 4.69) is 17.2 Å². The first-order valence-corrected chi connectivity index (χ1v) is 6.74. The molecule has 1 saturated heterocycles. The first kappa shape index (κ1) is 13.3. The van der Waals surface area contributed by atoms with Gasteiger partial charge in [-0.3, -0.25) is 4.79 Å². The third-order valence-electron chi connectivity index (χ3n) is 3.06. The van der Waals surface area contributed by atoms with Gasteiger partial charge in [0.25, 0.3) is 0 Å². The molecule has 0 radical (unpaired) electrons. The fourth-order valence-electron chi connectivity index (χ4n) is 1.88. The minimum absolute atomic E-state index is 0.318. The molecule has 1 aromatic rings. The van der Waals surface area contributed by atoms with Crippen molar-refractivity contribution < 1.29 is 14.6 Å². The molecule has 0 amide bonds. The van der Waals surface area contributed by atoms with Gasteiger partial charge in [-0.25, -0.2) is 4.98 Å². The minimum atomic E-state index is -1.06. The third-order valence-corrected chi connectivity index (χ3v) is 3.85. The van der Waals surface area contributed by atoms with Crippen LogP contribution in [0.25, 0.3) is 0 Å². The number of carbonyl (C=O) groups is 1. The van der Waals surface area contributed by atoms with Gasteiger partial charge in [-0.15, -0.1) is 11.3 Å². The molecule has 100 valence electrons. The van der Waals surface area contributed by atoms with Crippen molar-refractivity contribution in [3.05, 3.63) is 11.1 Å². The van der Waals surface area contributed by atoms with Gasteiger partial charge < -0.3 is 20.9 Å². The van der Waals surface area contributed by atoms with Gasteiger partial charge in [-0.1, -0.05) is 6.92 Å². The van der Waals surface area contributed by atoms with Crippen LogP contribution in [0.4, 0.5) is 5.13 Å². The molecule has 4 N–H and O–H groups in total. The first-order chi connectivity index (χ1) is 8.58. The second-order valence-corrected chi connectivity index (χ2v) is 5.34. The number of aromatic nitrogens is 1. The monoisotopic (exact) mass is 271 g/mol. The van der Waals surface area contributed by atoms with Crippen LogP contribution in [-0.4, -0.2) is 35.3 Å². The number of hydrogen-bond donors (Lipinski definition) is 3. The standard InChI is InChI=1S/C11H17N3O3S/c1-6-4-17-3-2-7(6)13-11-14-8(5-18-11)9(12)10(15)16/h5-7,9H,2-4,12H2,1H3,(H,13,14)(H,15,16). The molecule has 7 heteroatoms. The Labute approximate surface area is 109 Å². The van der Waals surface area contributed by atoms with Gasteiger partial charge >= 0.3 is 5.97 Å². The number of nitrogens with zero attached hydrogens (tertiary/aromatic N) is 1. The molecule has 3 atom stereocenters. The van der Waals surface area contributed by atoms with Crippen molar-refractivity contribution in [2.45, 2.75) is 25.4 Å². The Bertz CT molecular complexity index is 423. The van der Waals surface area contributed by atoms with Gasteiger partial charge in [-0.2, -0.15) is 0 Å². The molecule has 0 aliphatic carbocycles. The normalized spacial score (nSPS) is 25.7. The number of thiazole rings is 1. The number of anilines is 1. The fraction of sp³-hybridized carbons (Fsp3) is 0.636. The molecule has 0 saturated carbocycles. The molecule has 1 fully saturated rings. The molecule has 1 aromatic heterocycles. The van der Waals surface area contributed by atoms with E-state index in [4.69, 9.17) is 15.6 Å². The molecule has 0 spiro atoms. The van der Waals surface area contributed by atoms with Crippen molar-refractivity contribution in [1.82, 2.24) is 4.98 Å². The van der Waals surface area contributed by atoms with E-state index in [-0.39, 0.29) is 0 Å². The van der Waals surface area contributed by atoms with Crippen LogP contribution in [0.15, 0.2) is 5.38 Å². The molecule has 6 nitrogen and oxygen atoms in total. The lowest BCUT2D eigenvalue weighted by Gasteiger charge is -2.29. The van der Waals surface area contributed by atoms with Gasteiger partial charge in [0, 0.05) is 18.0 Å². The molecule has 18 heavy (non-hydrogen) atoms. The second kappa shape index (κ2) is 5.64. The van der Waals surface area contributed by atoms with Gasteiger partial charge in [0.2, 0.25) is 0 Å². The lowest BCUT2D eigenvalue weighted by atomic mass is 9.98. The predicted molar refractivity (Wildman–Crippen MR) is 68.7 cm³/mol. The second-order valence-electron chi connectivity index (χ2n) is 4.49. The van der Waals surface area contributed by atoms with Crippen LogP contribution in [0.1, 0.15) is 25.1 Å². The molecular weight excluding hydrogens is 254 g/mol. The molecule has 1 aliphatic rings. The highest BCUT2D eigenvalue weighted by Crippen LogP contribution is 2.24. The summed E-state index contributed by atoms with van der Waals surface area (Å²) in [5.41, 5.74) is 5.91. The van der Waals surface area contributed by atoms with Crippen molar-refractivity contribution in [2.24, 2.45) is 11.7 Å². The Morgan fingerprint density at radius 2 is 2.56 bits per heavy atom. The average molecular weight is 271 g/mol. The van der Waals surface area contributed by atoms with Crippen molar-refractivity contribution in [2.75, 3.05) is 18.5 Å². The quantitative estimate of drug-likeness (QED) is 0.757. The van der Waals surface area contributed by atoms with E-state index < -0.39 is 12.0 Å². The van der Waals surface area contributed by atoms with E-state index in [1.165, 1.54) is 11.3 Å². The highest BCUT2D eigenvalue weighted by Gasteiger charge is 2.23. The highest BCUT2D eigenvalue weighted by molar-refractivity contribution is 7.13. The summed E-state index contributed by atoms with van der Waals surface area (Å²) in [7, 11) is 0. The largest absolute Gasteiger partial charge is 0.480 e. The molecule has 2 rings (SSSR count). The predicted octanol–water partition coefficient (Wildman–Crippen LogP) is 1.06. The zero-order valence-electron chi connectivity index (χ0n) is 10.1. The minimum Gasteiger partial charge on any atom is -0.480 e. The number of carboxylic acid groups (broad SMARTS) is 1. The Balaban J connectivity index is 1.99. The van der Waals surface area contributed by atoms with Crippen LogP contribution in [0, 0.1) is 5.92 Å². The van der Waals surface area contributed by atoms with Crippen LogP contribution in [0.2, 0.25) is 0 Å². The Kier molecular flexibility index (Phi) is 4.15. The molecule has 0 bridgehead atoms. The lowest BCUT2D eigenvalue weighted by molar-refractivity contribution is -0.138. The van der Waals surface area contributed by atoms with Gasteiger partial charge in [-0.05, 0) is 12.3 Å². The SMILES string of the molecule is CC1COCCC1Nc1nc(C(N)C(=O)O)cs1. The third kappa shape index (κ3) is 2.98. The van der Waals surface area contributed by atoms with E-state index in [1.807, 2.05) is 0 Å². The number of aliphatic carboxylic acids is 1. The maximum absolute atomic E-state index is 10.8. The average Bonchev–Trinajstić information content (AvgIpc) is 2.79. The Morgan fingerprint density at radius 1 is 1.78 bits per heavy atom. The number of ether oxygens (including phenoxy) is 1. The van der Waals surface area contributed by atoms with Crippen molar-refractivity contribution in [3.63, 3.8) is 0 Å². The van der Waals surface area contributed by atoms with Gasteiger partial charge in [0.1, 0.15) is 6.04 Å². The first-order valence-electron chi connectivity index (χ1n) is 5.86. The van der Waals surface area contributed by atoms with Crippen LogP contribution in [0.3, 0.4) is 0 Å². The van der Waals surface area contributed by atoms with Crippen LogP contribution in [-0.2, 0) is 9.53 Å². The van der Waals surface area contributed by atoms with E-state index >= 15 is 0 Å². The van der Waals surface area contributed by atoms with Crippen molar-refractivity contribution in [3.8, 4) is 0 Å². The lowest BCUT2D eigenvalue weighted by Crippen LogP contribution is -2.35. The van der Waals surface area contributed by atoms with Gasteiger partial charge in [0.15, 0.2) is 5.13 Å².